The highest BCUT2D eigenvalue weighted by Gasteiger charge is 2.03. The Balaban J connectivity index is 2.76. The highest BCUT2D eigenvalue weighted by Crippen LogP contribution is 2.22. The lowest BCUT2D eigenvalue weighted by Gasteiger charge is -2.01. The van der Waals surface area contributed by atoms with Gasteiger partial charge in [-0.3, -0.25) is 0 Å². The van der Waals surface area contributed by atoms with Crippen LogP contribution in [0.1, 0.15) is 0 Å². The second-order valence-electron chi connectivity index (χ2n) is 2.87. The molecule has 0 heterocycles. The van der Waals surface area contributed by atoms with Gasteiger partial charge in [0.05, 0.1) is 4.90 Å². The van der Waals surface area contributed by atoms with E-state index in [1.807, 2.05) is 24.3 Å². The standard InChI is InChI=1S/C10H7IO2S/c11-10-3-1-2-7-4-5-8(14(12)13)6-9(7)10/h1-6H,(H,12,13). The topological polar surface area (TPSA) is 37.3 Å². The maximum absolute atomic E-state index is 10.9. The van der Waals surface area contributed by atoms with E-state index in [2.05, 4.69) is 22.6 Å². The quantitative estimate of drug-likeness (QED) is 0.648. The molecule has 1 atom stereocenters. The van der Waals surface area contributed by atoms with Crippen molar-refractivity contribution in [2.45, 2.75) is 4.90 Å². The van der Waals surface area contributed by atoms with Crippen LogP contribution in [0.25, 0.3) is 10.8 Å². The van der Waals surface area contributed by atoms with E-state index >= 15 is 0 Å². The second-order valence-corrected chi connectivity index (χ2v) is 5.00. The summed E-state index contributed by atoms with van der Waals surface area (Å²) in [7, 11) is 0. The van der Waals surface area contributed by atoms with Gasteiger partial charge in [0, 0.05) is 3.57 Å². The Morgan fingerprint density at radius 2 is 2.00 bits per heavy atom. The molecule has 1 N–H and O–H groups in total. The highest BCUT2D eigenvalue weighted by molar-refractivity contribution is 14.1. The molecule has 4 heteroatoms. The maximum Gasteiger partial charge on any atom is 0.186 e. The molecule has 0 aliphatic heterocycles. The molecule has 2 aromatic carbocycles. The van der Waals surface area contributed by atoms with Crippen LogP contribution in [0.15, 0.2) is 41.3 Å². The van der Waals surface area contributed by atoms with E-state index in [4.69, 9.17) is 4.55 Å². The largest absolute Gasteiger partial charge is 0.302 e. The van der Waals surface area contributed by atoms with Crippen LogP contribution in [0.3, 0.4) is 0 Å². The zero-order valence-electron chi connectivity index (χ0n) is 7.11. The van der Waals surface area contributed by atoms with Crippen LogP contribution < -0.4 is 0 Å². The minimum absolute atomic E-state index is 0.446. The zero-order valence-corrected chi connectivity index (χ0v) is 10.1. The molecule has 0 saturated carbocycles. The smallest absolute Gasteiger partial charge is 0.186 e. The van der Waals surface area contributed by atoms with Crippen molar-refractivity contribution in [3.05, 3.63) is 40.0 Å². The molecule has 0 spiro atoms. The van der Waals surface area contributed by atoms with Crippen LogP contribution >= 0.6 is 22.6 Å². The Hall–Kier alpha value is -0.460. The van der Waals surface area contributed by atoms with Gasteiger partial charge in [-0.25, -0.2) is 4.21 Å². The summed E-state index contributed by atoms with van der Waals surface area (Å²) in [5.74, 6) is 0. The molecular weight excluding hydrogens is 311 g/mol. The van der Waals surface area contributed by atoms with E-state index in [1.165, 1.54) is 0 Å². The van der Waals surface area contributed by atoms with Gasteiger partial charge in [0.2, 0.25) is 0 Å². The van der Waals surface area contributed by atoms with Crippen molar-refractivity contribution < 1.29 is 8.76 Å². The van der Waals surface area contributed by atoms with Gasteiger partial charge in [0.1, 0.15) is 0 Å². The van der Waals surface area contributed by atoms with Crippen molar-refractivity contribution in [2.24, 2.45) is 0 Å². The van der Waals surface area contributed by atoms with E-state index in [1.54, 1.807) is 12.1 Å². The van der Waals surface area contributed by atoms with E-state index in [-0.39, 0.29) is 0 Å². The van der Waals surface area contributed by atoms with Gasteiger partial charge in [-0.2, -0.15) is 0 Å². The summed E-state index contributed by atoms with van der Waals surface area (Å²) in [5, 5.41) is 2.11. The van der Waals surface area contributed by atoms with Crippen LogP contribution in [0.2, 0.25) is 0 Å². The van der Waals surface area contributed by atoms with Crippen molar-refractivity contribution in [1.82, 2.24) is 0 Å². The molecule has 72 valence electrons. The first-order chi connectivity index (χ1) is 6.68. The minimum atomic E-state index is -1.90. The van der Waals surface area contributed by atoms with Crippen molar-refractivity contribution in [3.8, 4) is 0 Å². The third-order valence-electron chi connectivity index (χ3n) is 2.00. The number of benzene rings is 2. The average molecular weight is 318 g/mol. The van der Waals surface area contributed by atoms with Gasteiger partial charge in [0.15, 0.2) is 11.1 Å². The monoisotopic (exact) mass is 318 g/mol. The Labute approximate surface area is 97.8 Å². The molecule has 0 fully saturated rings. The molecule has 0 saturated heterocycles. The van der Waals surface area contributed by atoms with Gasteiger partial charge in [-0.15, -0.1) is 0 Å². The van der Waals surface area contributed by atoms with Crippen LogP contribution in [0, 0.1) is 3.57 Å². The van der Waals surface area contributed by atoms with Crippen LogP contribution in [-0.2, 0) is 11.1 Å². The lowest BCUT2D eigenvalue weighted by molar-refractivity contribution is 0.564. The molecule has 2 nitrogen and oxygen atoms in total. The summed E-state index contributed by atoms with van der Waals surface area (Å²) in [5.41, 5.74) is 0. The predicted octanol–water partition coefficient (Wildman–Crippen LogP) is 3.03. The molecule has 0 bridgehead atoms. The SMILES string of the molecule is O=S(O)c1ccc2cccc(I)c2c1. The summed E-state index contributed by atoms with van der Waals surface area (Å²) < 4.78 is 20.9. The first-order valence-electron chi connectivity index (χ1n) is 3.97. The van der Waals surface area contributed by atoms with Crippen molar-refractivity contribution in [1.29, 1.82) is 0 Å². The summed E-state index contributed by atoms with van der Waals surface area (Å²) in [6.45, 7) is 0. The lowest BCUT2D eigenvalue weighted by Crippen LogP contribution is -1.88. The first kappa shape index (κ1) is 10.1. The molecule has 1 unspecified atom stereocenters. The first-order valence-corrected chi connectivity index (χ1v) is 6.16. The van der Waals surface area contributed by atoms with Crippen molar-refractivity contribution in [2.75, 3.05) is 0 Å². The van der Waals surface area contributed by atoms with Crippen molar-refractivity contribution in [3.63, 3.8) is 0 Å². The summed E-state index contributed by atoms with van der Waals surface area (Å²) in [4.78, 5) is 0.446. The number of hydrogen-bond donors (Lipinski definition) is 1. The fourth-order valence-corrected chi connectivity index (χ4v) is 2.40. The molecule has 0 aliphatic carbocycles. The molecule has 0 aromatic heterocycles. The van der Waals surface area contributed by atoms with Gasteiger partial charge >= 0.3 is 0 Å². The number of fused-ring (bicyclic) bond motifs is 1. The fraction of sp³-hybridized carbons (Fsp3) is 0. The normalized spacial score (nSPS) is 13.0. The fourth-order valence-electron chi connectivity index (χ4n) is 1.32. The Kier molecular flexibility index (Phi) is 2.85. The highest BCUT2D eigenvalue weighted by atomic mass is 127. The third-order valence-corrected chi connectivity index (χ3v) is 3.60. The Bertz CT molecular complexity index is 510. The molecule has 14 heavy (non-hydrogen) atoms. The summed E-state index contributed by atoms with van der Waals surface area (Å²) in [6, 6.07) is 11.2. The summed E-state index contributed by atoms with van der Waals surface area (Å²) in [6.07, 6.45) is 0. The Morgan fingerprint density at radius 3 is 2.71 bits per heavy atom. The molecule has 2 aromatic rings. The van der Waals surface area contributed by atoms with Crippen LogP contribution in [-0.4, -0.2) is 8.76 Å². The molecule has 0 radical (unpaired) electrons. The molecular formula is C10H7IO2S. The van der Waals surface area contributed by atoms with Crippen LogP contribution in [0.5, 0.6) is 0 Å². The minimum Gasteiger partial charge on any atom is -0.302 e. The lowest BCUT2D eigenvalue weighted by atomic mass is 10.1. The van der Waals surface area contributed by atoms with Gasteiger partial charge in [0.25, 0.3) is 0 Å². The average Bonchev–Trinajstić information content (AvgIpc) is 2.18. The third kappa shape index (κ3) is 1.82. The van der Waals surface area contributed by atoms with Crippen molar-refractivity contribution >= 4 is 44.4 Å². The number of halogens is 1. The predicted molar refractivity (Wildman–Crippen MR) is 65.7 cm³/mol. The number of hydrogen-bond acceptors (Lipinski definition) is 1. The Morgan fingerprint density at radius 1 is 1.21 bits per heavy atom. The molecule has 0 amide bonds. The van der Waals surface area contributed by atoms with E-state index in [9.17, 15) is 4.21 Å². The maximum atomic E-state index is 10.9. The molecule has 0 aliphatic rings. The second kappa shape index (κ2) is 3.96. The zero-order chi connectivity index (χ0) is 10.1. The van der Waals surface area contributed by atoms with E-state index in [0.717, 1.165) is 14.3 Å². The number of rotatable bonds is 1. The summed E-state index contributed by atoms with van der Waals surface area (Å²) >= 11 is 0.321. The van der Waals surface area contributed by atoms with Crippen LogP contribution in [0.4, 0.5) is 0 Å². The van der Waals surface area contributed by atoms with E-state index < -0.39 is 11.1 Å². The van der Waals surface area contributed by atoms with Gasteiger partial charge < -0.3 is 4.55 Å². The van der Waals surface area contributed by atoms with Gasteiger partial charge in [-0.1, -0.05) is 18.2 Å². The van der Waals surface area contributed by atoms with Gasteiger partial charge in [-0.05, 0) is 51.6 Å². The van der Waals surface area contributed by atoms with E-state index in [0.29, 0.717) is 4.90 Å². The molecule has 2 rings (SSSR count).